The quantitative estimate of drug-likeness (QED) is 0.763. The number of benzene rings is 1. The van der Waals surface area contributed by atoms with Gasteiger partial charge in [-0.25, -0.2) is 0 Å². The minimum absolute atomic E-state index is 0.464. The molecule has 1 unspecified atom stereocenters. The molecule has 82 valence electrons. The lowest BCUT2D eigenvalue weighted by molar-refractivity contribution is 0.168. The maximum atomic E-state index is 9.93. The Bertz CT molecular complexity index is 344. The molecule has 0 saturated carbocycles. The summed E-state index contributed by atoms with van der Waals surface area (Å²) in [7, 11) is 0. The summed E-state index contributed by atoms with van der Waals surface area (Å²) in [6.45, 7) is 4.08. The van der Waals surface area contributed by atoms with Crippen molar-refractivity contribution in [2.75, 3.05) is 0 Å². The zero-order valence-electron chi connectivity index (χ0n) is 9.20. The van der Waals surface area contributed by atoms with Crippen molar-refractivity contribution in [3.63, 3.8) is 0 Å². The fourth-order valence-electron chi connectivity index (χ4n) is 1.41. The van der Waals surface area contributed by atoms with E-state index in [1.807, 2.05) is 31.2 Å². The summed E-state index contributed by atoms with van der Waals surface area (Å²) in [6.07, 6.45) is 3.23. The van der Waals surface area contributed by atoms with Gasteiger partial charge in [0.15, 0.2) is 0 Å². The molecule has 1 rings (SSSR count). The summed E-state index contributed by atoms with van der Waals surface area (Å²) < 4.78 is 0. The molecule has 1 N–H and O–H groups in total. The van der Waals surface area contributed by atoms with Crippen LogP contribution in [0.4, 0.5) is 0 Å². The molecule has 0 radical (unpaired) electrons. The summed E-state index contributed by atoms with van der Waals surface area (Å²) in [6, 6.07) is 7.45. The van der Waals surface area contributed by atoms with Crippen LogP contribution >= 0.6 is 11.6 Å². The van der Waals surface area contributed by atoms with Crippen LogP contribution in [0.3, 0.4) is 0 Å². The summed E-state index contributed by atoms with van der Waals surface area (Å²) in [5, 5.41) is 10.6. The smallest absolute Gasteiger partial charge is 0.0807 e. The van der Waals surface area contributed by atoms with Gasteiger partial charge in [0.2, 0.25) is 0 Å². The molecule has 0 bridgehead atoms. The Kier molecular flexibility index (Phi) is 4.86. The van der Waals surface area contributed by atoms with Crippen LogP contribution in [0.2, 0.25) is 5.02 Å². The van der Waals surface area contributed by atoms with Crippen molar-refractivity contribution in [3.05, 3.63) is 46.5 Å². The van der Waals surface area contributed by atoms with Gasteiger partial charge in [-0.3, -0.25) is 0 Å². The number of aliphatic hydroxyl groups excluding tert-OH is 1. The average molecular weight is 225 g/mol. The van der Waals surface area contributed by atoms with Gasteiger partial charge < -0.3 is 5.11 Å². The third-order valence-electron chi connectivity index (χ3n) is 2.57. The number of halogens is 1. The molecule has 1 atom stereocenters. The number of allylic oxidation sites excluding steroid dienone is 2. The average Bonchev–Trinajstić information content (AvgIpc) is 2.26. The molecule has 0 heterocycles. The van der Waals surface area contributed by atoms with E-state index in [-0.39, 0.29) is 0 Å². The highest BCUT2D eigenvalue weighted by Crippen LogP contribution is 2.26. The van der Waals surface area contributed by atoms with Gasteiger partial charge in [0.25, 0.3) is 0 Å². The number of hydrogen-bond donors (Lipinski definition) is 1. The van der Waals surface area contributed by atoms with Crippen molar-refractivity contribution in [1.29, 1.82) is 0 Å². The highest BCUT2D eigenvalue weighted by atomic mass is 35.5. The van der Waals surface area contributed by atoms with Crippen LogP contribution in [0.25, 0.3) is 0 Å². The first-order chi connectivity index (χ1) is 7.15. The summed E-state index contributed by atoms with van der Waals surface area (Å²) in [4.78, 5) is 0. The lowest BCUT2D eigenvalue weighted by atomic mass is 10.0. The van der Waals surface area contributed by atoms with Crippen LogP contribution in [0.15, 0.2) is 35.9 Å². The maximum absolute atomic E-state index is 9.93. The van der Waals surface area contributed by atoms with Crippen molar-refractivity contribution in [2.45, 2.75) is 32.8 Å². The number of aliphatic hydroxyl groups is 1. The molecular weight excluding hydrogens is 208 g/mol. The second kappa shape index (κ2) is 5.94. The van der Waals surface area contributed by atoms with Gasteiger partial charge in [-0.1, -0.05) is 41.4 Å². The summed E-state index contributed by atoms with van der Waals surface area (Å²) in [5.41, 5.74) is 2.11. The van der Waals surface area contributed by atoms with Crippen LogP contribution in [0, 0.1) is 0 Å². The molecule has 1 nitrogen and oxygen atoms in total. The lowest BCUT2D eigenvalue weighted by Gasteiger charge is -2.12. The second-order valence-corrected chi connectivity index (χ2v) is 4.12. The fourth-order valence-corrected chi connectivity index (χ4v) is 1.67. The van der Waals surface area contributed by atoms with Gasteiger partial charge >= 0.3 is 0 Å². The SMILES string of the molecule is CC=C(C)CCC(O)c1ccccc1Cl. The molecule has 0 fully saturated rings. The first-order valence-electron chi connectivity index (χ1n) is 5.19. The molecule has 0 aliphatic carbocycles. The van der Waals surface area contributed by atoms with E-state index in [4.69, 9.17) is 11.6 Å². The standard InChI is InChI=1S/C13H17ClO/c1-3-10(2)8-9-13(15)11-6-4-5-7-12(11)14/h3-7,13,15H,8-9H2,1-2H3. The van der Waals surface area contributed by atoms with Crippen LogP contribution in [0.5, 0.6) is 0 Å². The molecule has 0 aliphatic heterocycles. The number of hydrogen-bond acceptors (Lipinski definition) is 1. The predicted octanol–water partition coefficient (Wildman–Crippen LogP) is 4.12. The van der Waals surface area contributed by atoms with E-state index >= 15 is 0 Å². The second-order valence-electron chi connectivity index (χ2n) is 3.71. The normalized spacial score (nSPS) is 14.0. The Morgan fingerprint density at radius 2 is 2.13 bits per heavy atom. The van der Waals surface area contributed by atoms with E-state index in [1.54, 1.807) is 0 Å². The van der Waals surface area contributed by atoms with Gasteiger partial charge in [0.05, 0.1) is 6.10 Å². The topological polar surface area (TPSA) is 20.2 Å². The zero-order chi connectivity index (χ0) is 11.3. The molecule has 0 aromatic heterocycles. The van der Waals surface area contributed by atoms with E-state index in [1.165, 1.54) is 5.57 Å². The fraction of sp³-hybridized carbons (Fsp3) is 0.385. The Hall–Kier alpha value is -0.790. The van der Waals surface area contributed by atoms with Crippen molar-refractivity contribution in [1.82, 2.24) is 0 Å². The van der Waals surface area contributed by atoms with Crippen molar-refractivity contribution in [3.8, 4) is 0 Å². The lowest BCUT2D eigenvalue weighted by Crippen LogP contribution is -1.98. The first kappa shape index (κ1) is 12.3. The van der Waals surface area contributed by atoms with Gasteiger partial charge in [-0.05, 0) is 38.3 Å². The molecule has 0 amide bonds. The van der Waals surface area contributed by atoms with Gasteiger partial charge in [-0.15, -0.1) is 0 Å². The highest BCUT2D eigenvalue weighted by molar-refractivity contribution is 6.31. The first-order valence-corrected chi connectivity index (χ1v) is 5.57. The molecule has 1 aromatic rings. The van der Waals surface area contributed by atoms with Crippen LogP contribution in [0.1, 0.15) is 38.4 Å². The van der Waals surface area contributed by atoms with Crippen LogP contribution in [-0.4, -0.2) is 5.11 Å². The van der Waals surface area contributed by atoms with Gasteiger partial charge in [-0.2, -0.15) is 0 Å². The third kappa shape index (κ3) is 3.69. The van der Waals surface area contributed by atoms with Crippen molar-refractivity contribution in [2.24, 2.45) is 0 Å². The third-order valence-corrected chi connectivity index (χ3v) is 2.91. The van der Waals surface area contributed by atoms with Crippen LogP contribution in [-0.2, 0) is 0 Å². The molecule has 2 heteroatoms. The summed E-state index contributed by atoms with van der Waals surface area (Å²) >= 11 is 5.99. The molecular formula is C13H17ClO. The Morgan fingerprint density at radius 1 is 1.47 bits per heavy atom. The number of rotatable bonds is 4. The molecule has 1 aromatic carbocycles. The predicted molar refractivity (Wildman–Crippen MR) is 65.1 cm³/mol. The molecule has 0 saturated heterocycles. The van der Waals surface area contributed by atoms with E-state index in [0.29, 0.717) is 5.02 Å². The van der Waals surface area contributed by atoms with E-state index in [0.717, 1.165) is 18.4 Å². The van der Waals surface area contributed by atoms with Gasteiger partial charge in [0.1, 0.15) is 0 Å². The largest absolute Gasteiger partial charge is 0.388 e. The molecule has 0 aliphatic rings. The zero-order valence-corrected chi connectivity index (χ0v) is 9.96. The minimum atomic E-state index is -0.464. The van der Waals surface area contributed by atoms with E-state index in [2.05, 4.69) is 13.0 Å². The Balaban J connectivity index is 2.61. The Labute approximate surface area is 96.4 Å². The van der Waals surface area contributed by atoms with Gasteiger partial charge in [0, 0.05) is 5.02 Å². The highest BCUT2D eigenvalue weighted by Gasteiger charge is 2.10. The van der Waals surface area contributed by atoms with Crippen LogP contribution < -0.4 is 0 Å². The maximum Gasteiger partial charge on any atom is 0.0807 e. The minimum Gasteiger partial charge on any atom is -0.388 e. The molecule has 15 heavy (non-hydrogen) atoms. The Morgan fingerprint density at radius 3 is 2.73 bits per heavy atom. The van der Waals surface area contributed by atoms with E-state index in [9.17, 15) is 5.11 Å². The van der Waals surface area contributed by atoms with E-state index < -0.39 is 6.10 Å². The molecule has 0 spiro atoms. The van der Waals surface area contributed by atoms with Crippen molar-refractivity contribution < 1.29 is 5.11 Å². The summed E-state index contributed by atoms with van der Waals surface area (Å²) in [5.74, 6) is 0. The monoisotopic (exact) mass is 224 g/mol. The van der Waals surface area contributed by atoms with Crippen molar-refractivity contribution >= 4 is 11.6 Å².